The van der Waals surface area contributed by atoms with Gasteiger partial charge < -0.3 is 10.1 Å². The molecule has 2 aromatic rings. The minimum Gasteiger partial charge on any atom is -0.496 e. The molecule has 0 aliphatic carbocycles. The molecule has 2 aromatic carbocycles. The first-order valence-corrected chi connectivity index (χ1v) is 8.99. The molecule has 0 radical (unpaired) electrons. The molecule has 0 aromatic heterocycles. The van der Waals surface area contributed by atoms with E-state index in [2.05, 4.69) is 40.5 Å². The molecule has 4 unspecified atom stereocenters. The van der Waals surface area contributed by atoms with Gasteiger partial charge in [-0.15, -0.1) is 0 Å². The summed E-state index contributed by atoms with van der Waals surface area (Å²) in [7, 11) is 1.71. The minimum absolute atomic E-state index is 0.468. The lowest BCUT2D eigenvalue weighted by Crippen LogP contribution is -2.42. The summed E-state index contributed by atoms with van der Waals surface area (Å²) in [6.07, 6.45) is 1.29. The summed E-state index contributed by atoms with van der Waals surface area (Å²) in [4.78, 5) is 2.62. The maximum absolute atomic E-state index is 6.17. The molecule has 0 saturated carbocycles. The molecule has 2 heterocycles. The van der Waals surface area contributed by atoms with Crippen LogP contribution in [-0.4, -0.2) is 31.1 Å². The topological polar surface area (TPSA) is 24.5 Å². The number of methoxy groups -OCH3 is 1. The number of nitrogens with one attached hydrogen (secondary N) is 1. The second kappa shape index (κ2) is 6.75. The molecule has 2 aliphatic rings. The van der Waals surface area contributed by atoms with Gasteiger partial charge in [0.2, 0.25) is 0 Å². The van der Waals surface area contributed by atoms with Crippen LogP contribution in [0.5, 0.6) is 5.75 Å². The number of fused-ring (bicyclic) bond motifs is 2. The minimum atomic E-state index is 0.468. The van der Waals surface area contributed by atoms with Crippen molar-refractivity contribution in [1.29, 1.82) is 0 Å². The standard InChI is InChI=1S/C20H23ClN2O/c1-24-18-8-7-17(21)11-16(18)12-22-19-15-9-10-23(13-15)20(19)14-5-3-2-4-6-14/h2-8,11,15,19-20,22H,9-10,12-13H2,1H3. The molecule has 24 heavy (non-hydrogen) atoms. The normalized spacial score (nSPS) is 28.2. The number of ether oxygens (including phenoxy) is 1. The zero-order valence-corrected chi connectivity index (χ0v) is 14.7. The molecule has 4 heteroatoms. The number of rotatable bonds is 5. The Balaban J connectivity index is 1.54. The fourth-order valence-corrected chi connectivity index (χ4v) is 4.50. The fourth-order valence-electron chi connectivity index (χ4n) is 4.31. The van der Waals surface area contributed by atoms with Gasteiger partial charge in [-0.1, -0.05) is 41.9 Å². The van der Waals surface area contributed by atoms with E-state index in [1.807, 2.05) is 18.2 Å². The van der Waals surface area contributed by atoms with Crippen LogP contribution in [0.3, 0.4) is 0 Å². The van der Waals surface area contributed by atoms with Gasteiger partial charge in [0.1, 0.15) is 5.75 Å². The number of benzene rings is 2. The Kier molecular flexibility index (Phi) is 4.49. The van der Waals surface area contributed by atoms with Gasteiger partial charge in [-0.05, 0) is 42.6 Å². The predicted molar refractivity (Wildman–Crippen MR) is 97.5 cm³/mol. The van der Waals surface area contributed by atoms with Gasteiger partial charge in [0, 0.05) is 29.7 Å². The highest BCUT2D eigenvalue weighted by Crippen LogP contribution is 2.42. The van der Waals surface area contributed by atoms with Crippen LogP contribution in [0.4, 0.5) is 0 Å². The Morgan fingerprint density at radius 1 is 1.21 bits per heavy atom. The van der Waals surface area contributed by atoms with Gasteiger partial charge in [0.25, 0.3) is 0 Å². The quantitative estimate of drug-likeness (QED) is 0.892. The highest BCUT2D eigenvalue weighted by Gasteiger charge is 2.46. The third-order valence-electron chi connectivity index (χ3n) is 5.41. The summed E-state index contributed by atoms with van der Waals surface area (Å²) < 4.78 is 5.48. The summed E-state index contributed by atoms with van der Waals surface area (Å²) in [5, 5.41) is 4.55. The van der Waals surface area contributed by atoms with Crippen LogP contribution in [0.1, 0.15) is 23.6 Å². The van der Waals surface area contributed by atoms with E-state index >= 15 is 0 Å². The smallest absolute Gasteiger partial charge is 0.123 e. The average Bonchev–Trinajstić information content (AvgIpc) is 3.22. The van der Waals surface area contributed by atoms with Crippen molar-refractivity contribution < 1.29 is 4.74 Å². The van der Waals surface area contributed by atoms with Crippen LogP contribution in [0, 0.1) is 5.92 Å². The predicted octanol–water partition coefficient (Wildman–Crippen LogP) is 3.88. The van der Waals surface area contributed by atoms with Gasteiger partial charge in [-0.3, -0.25) is 4.90 Å². The molecular weight excluding hydrogens is 320 g/mol. The van der Waals surface area contributed by atoms with Crippen molar-refractivity contribution in [3.8, 4) is 5.75 Å². The molecule has 2 aliphatic heterocycles. The number of hydrogen-bond donors (Lipinski definition) is 1. The Morgan fingerprint density at radius 2 is 2.04 bits per heavy atom. The van der Waals surface area contributed by atoms with Crippen molar-refractivity contribution in [3.05, 3.63) is 64.7 Å². The molecule has 2 saturated heterocycles. The zero-order valence-electron chi connectivity index (χ0n) is 13.9. The van der Waals surface area contributed by atoms with E-state index in [1.54, 1.807) is 7.11 Å². The number of piperidine rings is 1. The zero-order chi connectivity index (χ0) is 16.5. The average molecular weight is 343 g/mol. The van der Waals surface area contributed by atoms with E-state index in [0.717, 1.165) is 28.8 Å². The summed E-state index contributed by atoms with van der Waals surface area (Å²) >= 11 is 6.17. The maximum atomic E-state index is 6.17. The van der Waals surface area contributed by atoms with Crippen LogP contribution in [0.25, 0.3) is 0 Å². The summed E-state index contributed by atoms with van der Waals surface area (Å²) in [6, 6.07) is 17.6. The molecular formula is C20H23ClN2O. The van der Waals surface area contributed by atoms with Gasteiger partial charge in [0.15, 0.2) is 0 Å². The fraction of sp³-hybridized carbons (Fsp3) is 0.400. The van der Waals surface area contributed by atoms with Crippen molar-refractivity contribution >= 4 is 11.6 Å². The highest BCUT2D eigenvalue weighted by atomic mass is 35.5. The number of nitrogens with zero attached hydrogens (tertiary/aromatic N) is 1. The first kappa shape index (κ1) is 15.9. The van der Waals surface area contributed by atoms with Crippen molar-refractivity contribution in [2.75, 3.05) is 20.2 Å². The van der Waals surface area contributed by atoms with Crippen LogP contribution in [0.15, 0.2) is 48.5 Å². The summed E-state index contributed by atoms with van der Waals surface area (Å²) in [5.41, 5.74) is 2.53. The lowest BCUT2D eigenvalue weighted by molar-refractivity contribution is 0.217. The van der Waals surface area contributed by atoms with E-state index < -0.39 is 0 Å². The van der Waals surface area contributed by atoms with Crippen molar-refractivity contribution in [2.24, 2.45) is 5.92 Å². The lowest BCUT2D eigenvalue weighted by Gasteiger charge is -2.33. The molecule has 0 amide bonds. The first-order valence-electron chi connectivity index (χ1n) is 8.61. The summed E-state index contributed by atoms with van der Waals surface area (Å²) in [6.45, 7) is 3.19. The molecule has 4 atom stereocenters. The van der Waals surface area contributed by atoms with Crippen LogP contribution >= 0.6 is 11.6 Å². The van der Waals surface area contributed by atoms with Gasteiger partial charge in [-0.25, -0.2) is 0 Å². The summed E-state index contributed by atoms with van der Waals surface area (Å²) in [5.74, 6) is 1.62. The number of hydrogen-bond acceptors (Lipinski definition) is 3. The van der Waals surface area contributed by atoms with Gasteiger partial charge in [-0.2, -0.15) is 0 Å². The molecule has 2 bridgehead atoms. The highest BCUT2D eigenvalue weighted by molar-refractivity contribution is 6.30. The molecule has 3 nitrogen and oxygen atoms in total. The molecule has 4 rings (SSSR count). The van der Waals surface area contributed by atoms with Crippen LogP contribution < -0.4 is 10.1 Å². The second-order valence-electron chi connectivity index (χ2n) is 6.76. The Morgan fingerprint density at radius 3 is 2.83 bits per heavy atom. The van der Waals surface area contributed by atoms with Crippen LogP contribution in [0.2, 0.25) is 5.02 Å². The van der Waals surface area contributed by atoms with Gasteiger partial charge >= 0.3 is 0 Å². The largest absolute Gasteiger partial charge is 0.496 e. The van der Waals surface area contributed by atoms with E-state index in [1.165, 1.54) is 25.1 Å². The third-order valence-corrected chi connectivity index (χ3v) is 5.64. The Labute approximate surface area is 148 Å². The van der Waals surface area contributed by atoms with E-state index in [4.69, 9.17) is 16.3 Å². The molecule has 0 spiro atoms. The van der Waals surface area contributed by atoms with Crippen molar-refractivity contribution in [2.45, 2.75) is 25.0 Å². The van der Waals surface area contributed by atoms with Crippen molar-refractivity contribution in [1.82, 2.24) is 10.2 Å². The van der Waals surface area contributed by atoms with Crippen LogP contribution in [-0.2, 0) is 6.54 Å². The lowest BCUT2D eigenvalue weighted by atomic mass is 9.89. The Hall–Kier alpha value is -1.55. The van der Waals surface area contributed by atoms with E-state index in [9.17, 15) is 0 Å². The van der Waals surface area contributed by atoms with Crippen molar-refractivity contribution in [3.63, 3.8) is 0 Å². The SMILES string of the molecule is COc1ccc(Cl)cc1CNC1C2CCN(C2)C1c1ccccc1. The monoisotopic (exact) mass is 342 g/mol. The first-order chi connectivity index (χ1) is 11.8. The van der Waals surface area contributed by atoms with E-state index in [-0.39, 0.29) is 0 Å². The van der Waals surface area contributed by atoms with Gasteiger partial charge in [0.05, 0.1) is 13.2 Å². The maximum Gasteiger partial charge on any atom is 0.123 e. The molecule has 126 valence electrons. The second-order valence-corrected chi connectivity index (χ2v) is 7.20. The van der Waals surface area contributed by atoms with E-state index in [0.29, 0.717) is 12.1 Å². The third kappa shape index (κ3) is 2.92. The Bertz CT molecular complexity index is 706. The molecule has 1 N–H and O–H groups in total. The molecule has 2 fully saturated rings. The number of halogens is 1.